The van der Waals surface area contributed by atoms with Crippen LogP contribution >= 0.6 is 0 Å². The molecule has 25 heavy (non-hydrogen) atoms. The fourth-order valence-corrected chi connectivity index (χ4v) is 3.29. The Morgan fingerprint density at radius 2 is 2.04 bits per heavy atom. The molecule has 0 spiro atoms. The van der Waals surface area contributed by atoms with Crippen LogP contribution in [0.3, 0.4) is 0 Å². The van der Waals surface area contributed by atoms with Crippen LogP contribution in [0.2, 0.25) is 0 Å². The van der Waals surface area contributed by atoms with Gasteiger partial charge in [-0.3, -0.25) is 4.79 Å². The minimum Gasteiger partial charge on any atom is -0.495 e. The molecule has 6 heteroatoms. The number of benzene rings is 1. The zero-order valence-corrected chi connectivity index (χ0v) is 15.2. The Morgan fingerprint density at radius 1 is 1.24 bits per heavy atom. The van der Waals surface area contributed by atoms with Crippen molar-refractivity contribution in [2.45, 2.75) is 39.7 Å². The number of amides is 1. The van der Waals surface area contributed by atoms with Crippen molar-refractivity contribution in [2.24, 2.45) is 0 Å². The molecule has 0 radical (unpaired) electrons. The summed E-state index contributed by atoms with van der Waals surface area (Å²) < 4.78 is 5.36. The summed E-state index contributed by atoms with van der Waals surface area (Å²) in [5, 5.41) is 3.02. The quantitative estimate of drug-likeness (QED) is 0.927. The summed E-state index contributed by atoms with van der Waals surface area (Å²) in [6.07, 6.45) is 1.77. The van der Waals surface area contributed by atoms with E-state index >= 15 is 0 Å². The molecule has 1 saturated heterocycles. The van der Waals surface area contributed by atoms with E-state index in [1.54, 1.807) is 7.11 Å². The fraction of sp³-hybridized carbons (Fsp3) is 0.421. The maximum absolute atomic E-state index is 12.9. The lowest BCUT2D eigenvalue weighted by molar-refractivity contribution is -0.117. The number of aromatic nitrogens is 2. The maximum Gasteiger partial charge on any atom is 0.247 e. The van der Waals surface area contributed by atoms with E-state index in [0.29, 0.717) is 11.4 Å². The number of anilines is 2. The molecule has 2 aromatic rings. The van der Waals surface area contributed by atoms with E-state index < -0.39 is 0 Å². The average Bonchev–Trinajstić information content (AvgIpc) is 3.04. The van der Waals surface area contributed by atoms with Crippen molar-refractivity contribution < 1.29 is 9.53 Å². The molecule has 0 unspecified atom stereocenters. The zero-order chi connectivity index (χ0) is 18.0. The Kier molecular flexibility index (Phi) is 4.88. The van der Waals surface area contributed by atoms with Gasteiger partial charge in [0.2, 0.25) is 5.91 Å². The molecule has 0 aliphatic carbocycles. The number of hydrogen-bond donors (Lipinski definition) is 1. The molecule has 0 saturated carbocycles. The Labute approximate surface area is 148 Å². The molecule has 3 rings (SSSR count). The van der Waals surface area contributed by atoms with Crippen LogP contribution in [0, 0.1) is 20.8 Å². The third kappa shape index (κ3) is 3.73. The second-order valence-electron chi connectivity index (χ2n) is 6.46. The molecular weight excluding hydrogens is 316 g/mol. The molecule has 6 nitrogen and oxygen atoms in total. The maximum atomic E-state index is 12.9. The molecule has 2 heterocycles. The van der Waals surface area contributed by atoms with Gasteiger partial charge < -0.3 is 15.0 Å². The summed E-state index contributed by atoms with van der Waals surface area (Å²) in [4.78, 5) is 23.8. The number of hydrogen-bond acceptors (Lipinski definition) is 5. The summed E-state index contributed by atoms with van der Waals surface area (Å²) in [6, 6.07) is 7.46. The van der Waals surface area contributed by atoms with Gasteiger partial charge in [0, 0.05) is 18.3 Å². The monoisotopic (exact) mass is 340 g/mol. The van der Waals surface area contributed by atoms with Crippen LogP contribution in [0.1, 0.15) is 29.9 Å². The lowest BCUT2D eigenvalue weighted by Crippen LogP contribution is -2.40. The summed E-state index contributed by atoms with van der Waals surface area (Å²) in [5.74, 6) is 2.17. The van der Waals surface area contributed by atoms with Crippen LogP contribution in [-0.2, 0) is 4.79 Å². The first-order chi connectivity index (χ1) is 12.0. The standard InChI is InChI=1S/C19H24N4O2/c1-12-7-8-17(25-4)15(10-12)22-19(24)16-6-5-9-23(16)18-11-13(2)20-14(3)21-18/h7-8,10-11,16H,5-6,9H2,1-4H3,(H,22,24)/t16-/m1/s1. The van der Waals surface area contributed by atoms with Gasteiger partial charge in [0.05, 0.1) is 12.8 Å². The molecule has 1 aromatic heterocycles. The van der Waals surface area contributed by atoms with Crippen molar-refractivity contribution in [1.82, 2.24) is 9.97 Å². The lowest BCUT2D eigenvalue weighted by atomic mass is 10.1. The molecule has 1 N–H and O–H groups in total. The van der Waals surface area contributed by atoms with E-state index in [0.717, 1.165) is 42.3 Å². The Bertz CT molecular complexity index is 771. The van der Waals surface area contributed by atoms with Gasteiger partial charge in [-0.25, -0.2) is 9.97 Å². The molecule has 1 amide bonds. The van der Waals surface area contributed by atoms with Gasteiger partial charge in [-0.15, -0.1) is 0 Å². The van der Waals surface area contributed by atoms with Gasteiger partial charge in [-0.1, -0.05) is 6.07 Å². The summed E-state index contributed by atoms with van der Waals surface area (Å²) in [6.45, 7) is 6.63. The van der Waals surface area contributed by atoms with Crippen LogP contribution in [0.5, 0.6) is 5.75 Å². The van der Waals surface area contributed by atoms with Crippen molar-refractivity contribution in [1.29, 1.82) is 0 Å². The predicted molar refractivity (Wildman–Crippen MR) is 98.2 cm³/mol. The highest BCUT2D eigenvalue weighted by molar-refractivity contribution is 5.98. The molecule has 1 atom stereocenters. The van der Waals surface area contributed by atoms with E-state index in [2.05, 4.69) is 20.2 Å². The minimum absolute atomic E-state index is 0.0321. The third-order valence-electron chi connectivity index (χ3n) is 4.42. The highest BCUT2D eigenvalue weighted by Gasteiger charge is 2.32. The summed E-state index contributed by atoms with van der Waals surface area (Å²) >= 11 is 0. The van der Waals surface area contributed by atoms with Crippen molar-refractivity contribution >= 4 is 17.4 Å². The van der Waals surface area contributed by atoms with Crippen LogP contribution in [0.25, 0.3) is 0 Å². The normalized spacial score (nSPS) is 16.8. The Hall–Kier alpha value is -2.63. The number of nitrogens with one attached hydrogen (secondary N) is 1. The molecule has 1 aliphatic heterocycles. The van der Waals surface area contributed by atoms with Gasteiger partial charge in [0.15, 0.2) is 0 Å². The smallest absolute Gasteiger partial charge is 0.247 e. The number of carbonyl (C=O) groups is 1. The number of rotatable bonds is 4. The van der Waals surface area contributed by atoms with Crippen molar-refractivity contribution in [3.05, 3.63) is 41.3 Å². The molecule has 1 aliphatic rings. The zero-order valence-electron chi connectivity index (χ0n) is 15.2. The third-order valence-corrected chi connectivity index (χ3v) is 4.42. The molecule has 1 fully saturated rings. The predicted octanol–water partition coefficient (Wildman–Crippen LogP) is 3.02. The molecule has 1 aromatic carbocycles. The van der Waals surface area contributed by atoms with E-state index in [4.69, 9.17) is 4.74 Å². The first kappa shape index (κ1) is 17.2. The largest absolute Gasteiger partial charge is 0.495 e. The van der Waals surface area contributed by atoms with E-state index in [-0.39, 0.29) is 11.9 Å². The molecular formula is C19H24N4O2. The van der Waals surface area contributed by atoms with Gasteiger partial charge in [-0.05, 0) is 51.3 Å². The van der Waals surface area contributed by atoms with Crippen LogP contribution < -0.4 is 15.0 Å². The van der Waals surface area contributed by atoms with E-state index in [1.165, 1.54) is 0 Å². The van der Waals surface area contributed by atoms with Crippen LogP contribution in [-0.4, -0.2) is 35.6 Å². The highest BCUT2D eigenvalue weighted by atomic mass is 16.5. The number of aryl methyl sites for hydroxylation is 3. The Morgan fingerprint density at radius 3 is 2.76 bits per heavy atom. The summed E-state index contributed by atoms with van der Waals surface area (Å²) in [5.41, 5.74) is 2.68. The lowest BCUT2D eigenvalue weighted by Gasteiger charge is -2.25. The molecule has 132 valence electrons. The van der Waals surface area contributed by atoms with Crippen molar-refractivity contribution in [3.63, 3.8) is 0 Å². The SMILES string of the molecule is COc1ccc(C)cc1NC(=O)[C@H]1CCCN1c1cc(C)nc(C)n1. The van der Waals surface area contributed by atoms with Crippen LogP contribution in [0.4, 0.5) is 11.5 Å². The van der Waals surface area contributed by atoms with Crippen molar-refractivity contribution in [2.75, 3.05) is 23.9 Å². The summed E-state index contributed by atoms with van der Waals surface area (Å²) in [7, 11) is 1.61. The fourth-order valence-electron chi connectivity index (χ4n) is 3.29. The van der Waals surface area contributed by atoms with Gasteiger partial charge in [0.1, 0.15) is 23.4 Å². The van der Waals surface area contributed by atoms with Crippen LogP contribution in [0.15, 0.2) is 24.3 Å². The number of nitrogens with zero attached hydrogens (tertiary/aromatic N) is 3. The number of ether oxygens (including phenoxy) is 1. The molecule has 0 bridgehead atoms. The van der Waals surface area contributed by atoms with E-state index in [1.807, 2.05) is 45.0 Å². The van der Waals surface area contributed by atoms with Gasteiger partial charge >= 0.3 is 0 Å². The minimum atomic E-state index is -0.237. The second-order valence-corrected chi connectivity index (χ2v) is 6.46. The van der Waals surface area contributed by atoms with Crippen molar-refractivity contribution in [3.8, 4) is 5.75 Å². The first-order valence-corrected chi connectivity index (χ1v) is 8.52. The first-order valence-electron chi connectivity index (χ1n) is 8.52. The number of carbonyl (C=O) groups excluding carboxylic acids is 1. The van der Waals surface area contributed by atoms with E-state index in [9.17, 15) is 4.79 Å². The number of methoxy groups -OCH3 is 1. The topological polar surface area (TPSA) is 67.3 Å². The Balaban J connectivity index is 1.83. The highest BCUT2D eigenvalue weighted by Crippen LogP contribution is 2.29. The van der Waals surface area contributed by atoms with Gasteiger partial charge in [0.25, 0.3) is 0 Å². The average molecular weight is 340 g/mol. The van der Waals surface area contributed by atoms with Gasteiger partial charge in [-0.2, -0.15) is 0 Å². The second kappa shape index (κ2) is 7.09.